The van der Waals surface area contributed by atoms with Crippen LogP contribution in [0.2, 0.25) is 0 Å². The van der Waals surface area contributed by atoms with Gasteiger partial charge in [-0.25, -0.2) is 0 Å². The van der Waals surface area contributed by atoms with E-state index in [2.05, 4.69) is 38.3 Å². The van der Waals surface area contributed by atoms with E-state index in [4.69, 9.17) is 4.74 Å². The minimum atomic E-state index is -0.000550. The van der Waals surface area contributed by atoms with Gasteiger partial charge in [-0.15, -0.1) is 11.3 Å². The lowest BCUT2D eigenvalue weighted by molar-refractivity contribution is 0.0878. The van der Waals surface area contributed by atoms with Crippen LogP contribution >= 0.6 is 11.3 Å². The predicted octanol–water partition coefficient (Wildman–Crippen LogP) is 4.46. The lowest BCUT2D eigenvalue weighted by atomic mass is 9.79. The Kier molecular flexibility index (Phi) is 5.13. The number of nitrogens with one attached hydrogen (secondary N) is 2. The van der Waals surface area contributed by atoms with Crippen LogP contribution in [0.25, 0.3) is 11.1 Å². The van der Waals surface area contributed by atoms with Gasteiger partial charge in [-0.05, 0) is 58.0 Å². The van der Waals surface area contributed by atoms with Crippen LogP contribution in [0.1, 0.15) is 50.2 Å². The van der Waals surface area contributed by atoms with E-state index in [-0.39, 0.29) is 23.0 Å². The summed E-state index contributed by atoms with van der Waals surface area (Å²) in [5, 5.41) is 8.89. The lowest BCUT2D eigenvalue weighted by Gasteiger charge is -2.46. The van der Waals surface area contributed by atoms with Crippen LogP contribution in [0.3, 0.4) is 0 Å². The van der Waals surface area contributed by atoms with Gasteiger partial charge in [-0.2, -0.15) is 0 Å². The Balaban J connectivity index is 1.83. The smallest absolute Gasteiger partial charge is 0.262 e. The molecule has 0 bridgehead atoms. The van der Waals surface area contributed by atoms with E-state index in [1.165, 1.54) is 11.3 Å². The molecule has 4 nitrogen and oxygen atoms in total. The van der Waals surface area contributed by atoms with E-state index in [0.717, 1.165) is 34.6 Å². The summed E-state index contributed by atoms with van der Waals surface area (Å²) in [5.41, 5.74) is 1.88. The number of piperidine rings is 1. The van der Waals surface area contributed by atoms with Gasteiger partial charge in [0, 0.05) is 28.2 Å². The van der Waals surface area contributed by atoms with Gasteiger partial charge in [0.25, 0.3) is 5.91 Å². The van der Waals surface area contributed by atoms with Gasteiger partial charge in [0.15, 0.2) is 0 Å². The fourth-order valence-electron chi connectivity index (χ4n) is 4.24. The van der Waals surface area contributed by atoms with Crippen molar-refractivity contribution in [1.29, 1.82) is 0 Å². The Morgan fingerprint density at radius 3 is 2.42 bits per heavy atom. The molecule has 26 heavy (non-hydrogen) atoms. The van der Waals surface area contributed by atoms with Crippen LogP contribution in [0.4, 0.5) is 0 Å². The van der Waals surface area contributed by atoms with Gasteiger partial charge in [0.1, 0.15) is 5.75 Å². The lowest BCUT2D eigenvalue weighted by Crippen LogP contribution is -2.62. The molecule has 3 rings (SSSR count). The largest absolute Gasteiger partial charge is 0.496 e. The topological polar surface area (TPSA) is 50.4 Å². The fourth-order valence-corrected chi connectivity index (χ4v) is 5.05. The number of carbonyl (C=O) groups excluding carboxylic acids is 1. The number of thiophene rings is 1. The van der Waals surface area contributed by atoms with Crippen LogP contribution in [-0.2, 0) is 0 Å². The van der Waals surface area contributed by atoms with Crippen LogP contribution in [-0.4, -0.2) is 30.1 Å². The number of carbonyl (C=O) groups is 1. The highest BCUT2D eigenvalue weighted by molar-refractivity contribution is 7.12. The molecule has 2 aromatic rings. The maximum Gasteiger partial charge on any atom is 0.262 e. The molecular weight excluding hydrogens is 344 g/mol. The zero-order chi connectivity index (χ0) is 18.9. The van der Waals surface area contributed by atoms with Crippen molar-refractivity contribution >= 4 is 17.2 Å². The third-order valence-corrected chi connectivity index (χ3v) is 5.71. The van der Waals surface area contributed by atoms with Crippen molar-refractivity contribution in [3.05, 3.63) is 40.6 Å². The second kappa shape index (κ2) is 7.05. The highest BCUT2D eigenvalue weighted by Gasteiger charge is 2.38. The minimum absolute atomic E-state index is 0.000550. The van der Waals surface area contributed by atoms with Crippen molar-refractivity contribution in [2.75, 3.05) is 7.11 Å². The SMILES string of the molecule is COc1ccccc1-c1ccsc1C(=O)NC1CC(C)(C)NC(C)(C)C1. The van der Waals surface area contributed by atoms with Crippen molar-refractivity contribution in [2.45, 2.75) is 57.7 Å². The summed E-state index contributed by atoms with van der Waals surface area (Å²) < 4.78 is 5.47. The molecule has 0 atom stereocenters. The zero-order valence-corrected chi connectivity index (χ0v) is 17.0. The van der Waals surface area contributed by atoms with E-state index in [1.54, 1.807) is 7.11 Å². The third-order valence-electron chi connectivity index (χ3n) is 4.79. The molecule has 2 N–H and O–H groups in total. The summed E-state index contributed by atoms with van der Waals surface area (Å²) in [6.45, 7) is 8.77. The standard InChI is InChI=1S/C21H28N2O2S/c1-20(2)12-14(13-21(3,4)23-20)22-19(24)18-16(10-11-26-18)15-8-6-7-9-17(15)25-5/h6-11,14,23H,12-13H2,1-5H3,(H,22,24). The van der Waals surface area contributed by atoms with Gasteiger partial charge in [0.2, 0.25) is 0 Å². The van der Waals surface area contributed by atoms with Gasteiger partial charge in [0.05, 0.1) is 12.0 Å². The van der Waals surface area contributed by atoms with Crippen LogP contribution < -0.4 is 15.4 Å². The first-order chi connectivity index (χ1) is 12.2. The number of benzene rings is 1. The second-order valence-electron chi connectivity index (χ2n) is 8.34. The molecule has 1 amide bonds. The fraction of sp³-hybridized carbons (Fsp3) is 0.476. The summed E-state index contributed by atoms with van der Waals surface area (Å²) in [6, 6.07) is 9.97. The minimum Gasteiger partial charge on any atom is -0.496 e. The molecule has 1 fully saturated rings. The average molecular weight is 373 g/mol. The third kappa shape index (κ3) is 4.10. The molecular formula is C21H28N2O2S. The summed E-state index contributed by atoms with van der Waals surface area (Å²) in [5.74, 6) is 0.781. The zero-order valence-electron chi connectivity index (χ0n) is 16.2. The first kappa shape index (κ1) is 18.9. The second-order valence-corrected chi connectivity index (χ2v) is 9.25. The van der Waals surface area contributed by atoms with Crippen molar-refractivity contribution in [3.8, 4) is 16.9 Å². The highest BCUT2D eigenvalue weighted by Crippen LogP contribution is 2.35. The summed E-state index contributed by atoms with van der Waals surface area (Å²) in [4.78, 5) is 13.8. The molecule has 0 radical (unpaired) electrons. The Morgan fingerprint density at radius 2 is 1.77 bits per heavy atom. The van der Waals surface area contributed by atoms with Crippen LogP contribution in [0, 0.1) is 0 Å². The Hall–Kier alpha value is -1.85. The van der Waals surface area contributed by atoms with Crippen molar-refractivity contribution in [2.24, 2.45) is 0 Å². The average Bonchev–Trinajstić information content (AvgIpc) is 3.01. The van der Waals surface area contributed by atoms with E-state index in [1.807, 2.05) is 35.7 Å². The first-order valence-electron chi connectivity index (χ1n) is 9.02. The quantitative estimate of drug-likeness (QED) is 0.833. The van der Waals surface area contributed by atoms with E-state index in [9.17, 15) is 4.79 Å². The number of para-hydroxylation sites is 1. The van der Waals surface area contributed by atoms with Crippen molar-refractivity contribution in [3.63, 3.8) is 0 Å². The van der Waals surface area contributed by atoms with Gasteiger partial charge >= 0.3 is 0 Å². The molecule has 0 unspecified atom stereocenters. The monoisotopic (exact) mass is 372 g/mol. The number of rotatable bonds is 4. The summed E-state index contributed by atoms with van der Waals surface area (Å²) >= 11 is 1.48. The van der Waals surface area contributed by atoms with Crippen LogP contribution in [0.5, 0.6) is 5.75 Å². The molecule has 140 valence electrons. The van der Waals surface area contributed by atoms with Crippen molar-refractivity contribution < 1.29 is 9.53 Å². The molecule has 5 heteroatoms. The molecule has 1 aliphatic heterocycles. The van der Waals surface area contributed by atoms with Gasteiger partial charge in [-0.1, -0.05) is 18.2 Å². The molecule has 0 aliphatic carbocycles. The Morgan fingerprint density at radius 1 is 1.12 bits per heavy atom. The van der Waals surface area contributed by atoms with Crippen molar-refractivity contribution in [1.82, 2.24) is 10.6 Å². The summed E-state index contributed by atoms with van der Waals surface area (Å²) in [7, 11) is 1.66. The van der Waals surface area contributed by atoms with E-state index in [0.29, 0.717) is 0 Å². The van der Waals surface area contributed by atoms with Gasteiger partial charge in [-0.3, -0.25) is 4.79 Å². The maximum absolute atomic E-state index is 13.0. The van der Waals surface area contributed by atoms with Crippen LogP contribution in [0.15, 0.2) is 35.7 Å². The van der Waals surface area contributed by atoms with E-state index >= 15 is 0 Å². The molecule has 0 saturated carbocycles. The molecule has 1 aromatic heterocycles. The number of methoxy groups -OCH3 is 1. The number of amides is 1. The molecule has 1 aromatic carbocycles. The Labute approximate surface area is 160 Å². The number of ether oxygens (including phenoxy) is 1. The predicted molar refractivity (Wildman–Crippen MR) is 108 cm³/mol. The highest BCUT2D eigenvalue weighted by atomic mass is 32.1. The van der Waals surface area contributed by atoms with E-state index < -0.39 is 0 Å². The first-order valence-corrected chi connectivity index (χ1v) is 9.90. The molecule has 0 spiro atoms. The maximum atomic E-state index is 13.0. The molecule has 2 heterocycles. The summed E-state index contributed by atoms with van der Waals surface area (Å²) in [6.07, 6.45) is 1.83. The van der Waals surface area contributed by atoms with Gasteiger partial charge < -0.3 is 15.4 Å². The molecule has 1 saturated heterocycles. The Bertz CT molecular complexity index is 779. The number of hydrogen-bond donors (Lipinski definition) is 2. The number of hydrogen-bond acceptors (Lipinski definition) is 4. The molecule has 1 aliphatic rings. The normalized spacial score (nSPS) is 19.1.